The number of rotatable bonds is 4. The molecule has 0 aliphatic carbocycles. The highest BCUT2D eigenvalue weighted by Gasteiger charge is 2.32. The number of aliphatic carboxylic acids is 1. The Balaban J connectivity index is 2.58. The Labute approximate surface area is 127 Å². The second-order valence-corrected chi connectivity index (χ2v) is 7.21. The number of nitrogens with zero attached hydrogens (tertiary/aromatic N) is 2. The molecule has 9 heteroatoms. The highest BCUT2D eigenvalue weighted by molar-refractivity contribution is 7.90. The second kappa shape index (κ2) is 5.91. The minimum absolute atomic E-state index is 0.209. The molecule has 1 aliphatic heterocycles. The fourth-order valence-corrected chi connectivity index (χ4v) is 3.53. The van der Waals surface area contributed by atoms with Crippen LogP contribution in [0.2, 0.25) is 0 Å². The molecule has 1 N–H and O–H groups in total. The summed E-state index contributed by atoms with van der Waals surface area (Å²) < 4.78 is 23.9. The third-order valence-electron chi connectivity index (χ3n) is 3.65. The zero-order valence-corrected chi connectivity index (χ0v) is 12.7. The molecule has 1 atom stereocenters. The summed E-state index contributed by atoms with van der Waals surface area (Å²) in [7, 11) is -3.73. The van der Waals surface area contributed by atoms with Gasteiger partial charge in [-0.15, -0.1) is 0 Å². The van der Waals surface area contributed by atoms with Crippen molar-refractivity contribution in [1.82, 2.24) is 0 Å². The van der Waals surface area contributed by atoms with E-state index in [0.29, 0.717) is 13.0 Å². The third-order valence-corrected chi connectivity index (χ3v) is 4.78. The summed E-state index contributed by atoms with van der Waals surface area (Å²) in [5.41, 5.74) is -0.131. The van der Waals surface area contributed by atoms with Gasteiger partial charge in [0, 0.05) is 24.9 Å². The van der Waals surface area contributed by atoms with Gasteiger partial charge in [0.25, 0.3) is 5.69 Å². The first-order chi connectivity index (χ1) is 10.2. The summed E-state index contributed by atoms with van der Waals surface area (Å²) in [4.78, 5) is 22.8. The number of sulfone groups is 1. The molecule has 8 nitrogen and oxygen atoms in total. The Morgan fingerprint density at radius 2 is 2.09 bits per heavy atom. The summed E-state index contributed by atoms with van der Waals surface area (Å²) in [6.45, 7) is 0.400. The highest BCUT2D eigenvalue weighted by Crippen LogP contribution is 2.33. The molecule has 1 heterocycles. The van der Waals surface area contributed by atoms with E-state index in [1.54, 1.807) is 0 Å². The van der Waals surface area contributed by atoms with Gasteiger partial charge in [0.05, 0.1) is 15.5 Å². The number of carboxylic acid groups (broad SMARTS) is 1. The number of carbonyl (C=O) groups is 1. The number of hydrogen-bond acceptors (Lipinski definition) is 6. The van der Waals surface area contributed by atoms with E-state index in [2.05, 4.69) is 0 Å². The fourth-order valence-electron chi connectivity index (χ4n) is 2.63. The summed E-state index contributed by atoms with van der Waals surface area (Å²) in [6.07, 6.45) is 2.85. The van der Waals surface area contributed by atoms with E-state index in [0.717, 1.165) is 25.2 Å². The maximum atomic E-state index is 12.0. The Morgan fingerprint density at radius 1 is 1.41 bits per heavy atom. The lowest BCUT2D eigenvalue weighted by atomic mass is 10.0. The standard InChI is InChI=1S/C13H16N2O6S/c1-22(20,21)12-8-9(15(18)19)5-6-10(12)14-7-3-2-4-11(14)13(16)17/h5-6,8,11H,2-4,7H2,1H3,(H,16,17). The lowest BCUT2D eigenvalue weighted by molar-refractivity contribution is -0.385. The first-order valence-electron chi connectivity index (χ1n) is 6.70. The van der Waals surface area contributed by atoms with Crippen LogP contribution in [-0.2, 0) is 14.6 Å². The molecule has 0 spiro atoms. The smallest absolute Gasteiger partial charge is 0.326 e. The highest BCUT2D eigenvalue weighted by atomic mass is 32.2. The van der Waals surface area contributed by atoms with E-state index in [-0.39, 0.29) is 16.3 Å². The van der Waals surface area contributed by atoms with Gasteiger partial charge < -0.3 is 10.0 Å². The predicted molar refractivity (Wildman–Crippen MR) is 78.8 cm³/mol. The van der Waals surface area contributed by atoms with Crippen molar-refractivity contribution in [3.05, 3.63) is 28.3 Å². The summed E-state index contributed by atoms with van der Waals surface area (Å²) in [5.74, 6) is -1.03. The normalized spacial score (nSPS) is 19.0. The van der Waals surface area contributed by atoms with Crippen LogP contribution in [0, 0.1) is 10.1 Å². The number of hydrogen-bond donors (Lipinski definition) is 1. The molecule has 0 radical (unpaired) electrons. The molecule has 1 unspecified atom stereocenters. The molecule has 1 aromatic rings. The van der Waals surface area contributed by atoms with E-state index in [4.69, 9.17) is 0 Å². The van der Waals surface area contributed by atoms with Gasteiger partial charge in [0.1, 0.15) is 6.04 Å². The van der Waals surface area contributed by atoms with Crippen molar-refractivity contribution in [3.8, 4) is 0 Å². The van der Waals surface area contributed by atoms with Gasteiger partial charge in [-0.25, -0.2) is 13.2 Å². The molecule has 120 valence electrons. The second-order valence-electron chi connectivity index (χ2n) is 5.22. The Kier molecular flexibility index (Phi) is 4.36. The molecule has 1 saturated heterocycles. The molecule has 1 aromatic carbocycles. The molecule has 2 rings (SSSR count). The molecule has 22 heavy (non-hydrogen) atoms. The molecular weight excluding hydrogens is 312 g/mol. The molecule has 0 saturated carbocycles. The monoisotopic (exact) mass is 328 g/mol. The lowest BCUT2D eigenvalue weighted by Crippen LogP contribution is -2.45. The van der Waals surface area contributed by atoms with Crippen LogP contribution in [0.25, 0.3) is 0 Å². The van der Waals surface area contributed by atoms with E-state index in [1.807, 2.05) is 0 Å². The first kappa shape index (κ1) is 16.2. The summed E-state index contributed by atoms with van der Waals surface area (Å²) >= 11 is 0. The number of nitro groups is 1. The predicted octanol–water partition coefficient (Wildman–Crippen LogP) is 1.44. The van der Waals surface area contributed by atoms with Crippen LogP contribution in [0.1, 0.15) is 19.3 Å². The fraction of sp³-hybridized carbons (Fsp3) is 0.462. The maximum absolute atomic E-state index is 12.0. The number of anilines is 1. The summed E-state index contributed by atoms with van der Waals surface area (Å²) in [5, 5.41) is 20.2. The molecular formula is C13H16N2O6S. The number of non-ortho nitro benzene ring substituents is 1. The van der Waals surface area contributed by atoms with Gasteiger partial charge in [-0.3, -0.25) is 10.1 Å². The van der Waals surface area contributed by atoms with Gasteiger partial charge >= 0.3 is 5.97 Å². The topological polar surface area (TPSA) is 118 Å². The largest absolute Gasteiger partial charge is 0.480 e. The molecule has 1 aliphatic rings. The van der Waals surface area contributed by atoms with Crippen molar-refractivity contribution in [1.29, 1.82) is 0 Å². The van der Waals surface area contributed by atoms with Crippen molar-refractivity contribution >= 4 is 27.2 Å². The zero-order valence-electron chi connectivity index (χ0n) is 11.9. The van der Waals surface area contributed by atoms with Gasteiger partial charge in [0.2, 0.25) is 0 Å². The molecule has 1 fully saturated rings. The Morgan fingerprint density at radius 3 is 2.64 bits per heavy atom. The summed E-state index contributed by atoms with van der Waals surface area (Å²) in [6, 6.07) is 2.67. The van der Waals surface area contributed by atoms with Crippen LogP contribution in [0.4, 0.5) is 11.4 Å². The average Bonchev–Trinajstić information content (AvgIpc) is 2.45. The van der Waals surface area contributed by atoms with Crippen LogP contribution in [0.15, 0.2) is 23.1 Å². The maximum Gasteiger partial charge on any atom is 0.326 e. The van der Waals surface area contributed by atoms with Gasteiger partial charge in [-0.05, 0) is 25.3 Å². The Bertz CT molecular complexity index is 715. The average molecular weight is 328 g/mol. The number of benzene rings is 1. The number of carboxylic acids is 1. The van der Waals surface area contributed by atoms with Crippen molar-refractivity contribution in [2.45, 2.75) is 30.2 Å². The van der Waals surface area contributed by atoms with Crippen LogP contribution >= 0.6 is 0 Å². The molecule has 0 amide bonds. The first-order valence-corrected chi connectivity index (χ1v) is 8.59. The molecule has 0 aromatic heterocycles. The van der Waals surface area contributed by atoms with Crippen molar-refractivity contribution < 1.29 is 23.2 Å². The Hall–Kier alpha value is -2.16. The lowest BCUT2D eigenvalue weighted by Gasteiger charge is -2.35. The quantitative estimate of drug-likeness (QED) is 0.656. The number of nitro benzene ring substituents is 1. The van der Waals surface area contributed by atoms with Gasteiger partial charge in [0.15, 0.2) is 9.84 Å². The van der Waals surface area contributed by atoms with Crippen LogP contribution < -0.4 is 4.90 Å². The van der Waals surface area contributed by atoms with E-state index >= 15 is 0 Å². The molecule has 0 bridgehead atoms. The van der Waals surface area contributed by atoms with Gasteiger partial charge in [-0.2, -0.15) is 0 Å². The SMILES string of the molecule is CS(=O)(=O)c1cc([N+](=O)[O-])ccc1N1CCCCC1C(=O)O. The van der Waals surface area contributed by atoms with Crippen LogP contribution in [0.5, 0.6) is 0 Å². The van der Waals surface area contributed by atoms with Crippen molar-refractivity contribution in [2.24, 2.45) is 0 Å². The minimum Gasteiger partial charge on any atom is -0.480 e. The third kappa shape index (κ3) is 3.19. The minimum atomic E-state index is -3.73. The van der Waals surface area contributed by atoms with Gasteiger partial charge in [-0.1, -0.05) is 0 Å². The van der Waals surface area contributed by atoms with Crippen LogP contribution in [0.3, 0.4) is 0 Å². The zero-order chi connectivity index (χ0) is 16.5. The van der Waals surface area contributed by atoms with E-state index < -0.39 is 26.8 Å². The number of piperidine rings is 1. The van der Waals surface area contributed by atoms with Crippen molar-refractivity contribution in [3.63, 3.8) is 0 Å². The van der Waals surface area contributed by atoms with Crippen molar-refractivity contribution in [2.75, 3.05) is 17.7 Å². The van der Waals surface area contributed by atoms with Crippen LogP contribution in [-0.4, -0.2) is 43.3 Å². The van der Waals surface area contributed by atoms with E-state index in [1.165, 1.54) is 17.0 Å². The van der Waals surface area contributed by atoms with E-state index in [9.17, 15) is 28.4 Å².